The van der Waals surface area contributed by atoms with Crippen LogP contribution in [0.25, 0.3) is 0 Å². The lowest BCUT2D eigenvalue weighted by Crippen LogP contribution is -2.25. The maximum absolute atomic E-state index is 11.0. The van der Waals surface area contributed by atoms with Gasteiger partial charge >= 0.3 is 5.97 Å². The van der Waals surface area contributed by atoms with E-state index in [0.29, 0.717) is 6.42 Å². The van der Waals surface area contributed by atoms with E-state index in [1.165, 1.54) is 0 Å². The molecule has 0 bridgehead atoms. The smallest absolute Gasteiger partial charge is 0.306 e. The number of esters is 1. The third-order valence-corrected chi connectivity index (χ3v) is 2.78. The molecule has 2 unspecified atom stereocenters. The van der Waals surface area contributed by atoms with Crippen molar-refractivity contribution < 1.29 is 9.53 Å². The first kappa shape index (κ1) is 8.57. The number of ether oxygens (including phenoxy) is 1. The molecule has 0 aliphatic carbocycles. The lowest BCUT2D eigenvalue weighted by Gasteiger charge is -2.25. The second kappa shape index (κ2) is 2.84. The molecule has 1 aliphatic heterocycles. The van der Waals surface area contributed by atoms with Gasteiger partial charge in [-0.05, 0) is 12.8 Å². The van der Waals surface area contributed by atoms with Crippen LogP contribution in [0.2, 0.25) is 0 Å². The number of carbonyl (C=O) groups excluding carboxylic acids is 1. The average molecular weight is 156 g/mol. The SMILES string of the molecule is CCC1OC(=O)CC1(C)CC. The van der Waals surface area contributed by atoms with Crippen molar-refractivity contribution in [3.63, 3.8) is 0 Å². The summed E-state index contributed by atoms with van der Waals surface area (Å²) >= 11 is 0. The monoisotopic (exact) mass is 156 g/mol. The maximum atomic E-state index is 11.0. The minimum absolute atomic E-state index is 0.0267. The highest BCUT2D eigenvalue weighted by Crippen LogP contribution is 2.39. The van der Waals surface area contributed by atoms with Gasteiger partial charge in [-0.1, -0.05) is 20.8 Å². The molecule has 1 fully saturated rings. The zero-order chi connectivity index (χ0) is 8.48. The Hall–Kier alpha value is -0.530. The molecule has 2 heteroatoms. The molecule has 11 heavy (non-hydrogen) atoms. The van der Waals surface area contributed by atoms with E-state index in [-0.39, 0.29) is 17.5 Å². The van der Waals surface area contributed by atoms with Crippen LogP contribution in [0, 0.1) is 5.41 Å². The molecule has 0 spiro atoms. The Labute approximate surface area is 67.9 Å². The van der Waals surface area contributed by atoms with E-state index in [1.807, 2.05) is 0 Å². The summed E-state index contributed by atoms with van der Waals surface area (Å²) in [5.41, 5.74) is 0.103. The van der Waals surface area contributed by atoms with Gasteiger partial charge in [0, 0.05) is 5.41 Å². The molecule has 0 aromatic heterocycles. The van der Waals surface area contributed by atoms with Gasteiger partial charge in [-0.15, -0.1) is 0 Å². The van der Waals surface area contributed by atoms with Gasteiger partial charge in [0.2, 0.25) is 0 Å². The van der Waals surface area contributed by atoms with Crippen molar-refractivity contribution in [2.24, 2.45) is 5.41 Å². The van der Waals surface area contributed by atoms with Crippen LogP contribution in [0.3, 0.4) is 0 Å². The molecule has 0 radical (unpaired) electrons. The molecule has 1 saturated heterocycles. The van der Waals surface area contributed by atoms with Gasteiger partial charge in [0.05, 0.1) is 6.42 Å². The normalized spacial score (nSPS) is 37.4. The highest BCUT2D eigenvalue weighted by molar-refractivity contribution is 5.72. The first-order valence-electron chi connectivity index (χ1n) is 4.32. The van der Waals surface area contributed by atoms with Crippen molar-refractivity contribution in [2.45, 2.75) is 46.1 Å². The highest BCUT2D eigenvalue weighted by atomic mass is 16.6. The Kier molecular flexibility index (Phi) is 2.21. The number of rotatable bonds is 2. The predicted octanol–water partition coefficient (Wildman–Crippen LogP) is 2.13. The molecular weight excluding hydrogens is 140 g/mol. The van der Waals surface area contributed by atoms with Crippen molar-refractivity contribution in [3.05, 3.63) is 0 Å². The third kappa shape index (κ3) is 1.39. The van der Waals surface area contributed by atoms with Crippen LogP contribution in [0.5, 0.6) is 0 Å². The van der Waals surface area contributed by atoms with E-state index >= 15 is 0 Å². The molecule has 2 nitrogen and oxygen atoms in total. The molecule has 64 valence electrons. The Morgan fingerprint density at radius 1 is 1.64 bits per heavy atom. The van der Waals surface area contributed by atoms with Crippen LogP contribution in [0.15, 0.2) is 0 Å². The molecule has 1 rings (SSSR count). The lowest BCUT2D eigenvalue weighted by atomic mass is 9.80. The average Bonchev–Trinajstić information content (AvgIpc) is 2.27. The van der Waals surface area contributed by atoms with Crippen molar-refractivity contribution in [1.82, 2.24) is 0 Å². The summed E-state index contributed by atoms with van der Waals surface area (Å²) in [6.07, 6.45) is 2.72. The van der Waals surface area contributed by atoms with Gasteiger partial charge in [0.15, 0.2) is 0 Å². The van der Waals surface area contributed by atoms with Crippen LogP contribution in [0.1, 0.15) is 40.0 Å². The van der Waals surface area contributed by atoms with E-state index in [0.717, 1.165) is 12.8 Å². The van der Waals surface area contributed by atoms with Crippen LogP contribution in [-0.2, 0) is 9.53 Å². The summed E-state index contributed by atoms with van der Waals surface area (Å²) in [4.78, 5) is 11.0. The summed E-state index contributed by atoms with van der Waals surface area (Å²) < 4.78 is 5.18. The first-order valence-corrected chi connectivity index (χ1v) is 4.32. The van der Waals surface area contributed by atoms with E-state index in [9.17, 15) is 4.79 Å². The largest absolute Gasteiger partial charge is 0.462 e. The fourth-order valence-electron chi connectivity index (χ4n) is 1.71. The molecule has 0 aromatic rings. The molecule has 1 heterocycles. The Bertz CT molecular complexity index is 165. The van der Waals surface area contributed by atoms with Gasteiger partial charge in [-0.2, -0.15) is 0 Å². The van der Waals surface area contributed by atoms with Crippen molar-refractivity contribution in [2.75, 3.05) is 0 Å². The summed E-state index contributed by atoms with van der Waals surface area (Å²) in [6, 6.07) is 0. The van der Waals surface area contributed by atoms with Gasteiger partial charge in [0.25, 0.3) is 0 Å². The highest BCUT2D eigenvalue weighted by Gasteiger charge is 2.42. The van der Waals surface area contributed by atoms with E-state index in [1.54, 1.807) is 0 Å². The zero-order valence-corrected chi connectivity index (χ0v) is 7.52. The zero-order valence-electron chi connectivity index (χ0n) is 7.52. The minimum atomic E-state index is -0.0267. The topological polar surface area (TPSA) is 26.3 Å². The molecule has 0 N–H and O–H groups in total. The second-order valence-corrected chi connectivity index (χ2v) is 3.57. The van der Waals surface area contributed by atoms with Crippen LogP contribution in [0.4, 0.5) is 0 Å². The molecule has 0 aromatic carbocycles. The third-order valence-electron chi connectivity index (χ3n) is 2.78. The fourth-order valence-corrected chi connectivity index (χ4v) is 1.71. The molecule has 0 saturated carbocycles. The van der Waals surface area contributed by atoms with E-state index in [2.05, 4.69) is 20.8 Å². The summed E-state index contributed by atoms with van der Waals surface area (Å²) in [6.45, 7) is 6.31. The fraction of sp³-hybridized carbons (Fsp3) is 0.889. The lowest BCUT2D eigenvalue weighted by molar-refractivity contribution is -0.141. The first-order chi connectivity index (χ1) is 5.12. The standard InChI is InChI=1S/C9H16O2/c1-4-7-9(3,5-2)6-8(10)11-7/h7H,4-6H2,1-3H3. The van der Waals surface area contributed by atoms with E-state index < -0.39 is 0 Å². The van der Waals surface area contributed by atoms with Gasteiger partial charge < -0.3 is 4.74 Å². The molecule has 0 amide bonds. The predicted molar refractivity (Wildman–Crippen MR) is 43.2 cm³/mol. The van der Waals surface area contributed by atoms with Gasteiger partial charge in [0.1, 0.15) is 6.10 Å². The van der Waals surface area contributed by atoms with Crippen molar-refractivity contribution >= 4 is 5.97 Å². The Morgan fingerprint density at radius 3 is 2.64 bits per heavy atom. The van der Waals surface area contributed by atoms with Crippen LogP contribution >= 0.6 is 0 Å². The second-order valence-electron chi connectivity index (χ2n) is 3.57. The van der Waals surface area contributed by atoms with Gasteiger partial charge in [-0.3, -0.25) is 4.79 Å². The summed E-state index contributed by atoms with van der Waals surface area (Å²) in [5.74, 6) is -0.0267. The van der Waals surface area contributed by atoms with E-state index in [4.69, 9.17) is 4.74 Å². The molecule has 2 atom stereocenters. The quantitative estimate of drug-likeness (QED) is 0.572. The van der Waals surface area contributed by atoms with Crippen LogP contribution < -0.4 is 0 Å². The van der Waals surface area contributed by atoms with Crippen molar-refractivity contribution in [1.29, 1.82) is 0 Å². The minimum Gasteiger partial charge on any atom is -0.462 e. The van der Waals surface area contributed by atoms with Crippen LogP contribution in [-0.4, -0.2) is 12.1 Å². The summed E-state index contributed by atoms with van der Waals surface area (Å²) in [5, 5.41) is 0. The molecular formula is C9H16O2. The number of carbonyl (C=O) groups is 1. The maximum Gasteiger partial charge on any atom is 0.306 e. The Balaban J connectivity index is 2.71. The summed E-state index contributed by atoms with van der Waals surface area (Å²) in [7, 11) is 0. The Morgan fingerprint density at radius 2 is 2.27 bits per heavy atom. The van der Waals surface area contributed by atoms with Crippen molar-refractivity contribution in [3.8, 4) is 0 Å². The number of hydrogen-bond donors (Lipinski definition) is 0. The molecule has 1 aliphatic rings. The number of cyclic esters (lactones) is 1. The number of hydrogen-bond acceptors (Lipinski definition) is 2. The van der Waals surface area contributed by atoms with Gasteiger partial charge in [-0.25, -0.2) is 0 Å².